The average Bonchev–Trinajstić information content (AvgIpc) is 3.07. The zero-order valence-corrected chi connectivity index (χ0v) is 16.2. The number of aldehydes is 1. The molecule has 0 saturated heterocycles. The molecule has 26 heavy (non-hydrogen) atoms. The Balaban J connectivity index is 2.16. The monoisotopic (exact) mass is 388 g/mol. The van der Waals surface area contributed by atoms with Crippen molar-refractivity contribution in [1.82, 2.24) is 9.78 Å². The Morgan fingerprint density at radius 3 is 2.35 bits per heavy atom. The Morgan fingerprint density at radius 1 is 1.08 bits per heavy atom. The molecule has 0 spiro atoms. The van der Waals surface area contributed by atoms with Crippen LogP contribution in [0.2, 0.25) is 10.0 Å². The topological polar surface area (TPSA) is 44.1 Å². The first-order valence-corrected chi connectivity index (χ1v) is 8.78. The van der Waals surface area contributed by atoms with Gasteiger partial charge < -0.3 is 4.74 Å². The van der Waals surface area contributed by atoms with Crippen LogP contribution in [0, 0.1) is 0 Å². The normalized spacial score (nSPS) is 11.4. The van der Waals surface area contributed by atoms with Gasteiger partial charge in [0.1, 0.15) is 11.4 Å². The maximum Gasteiger partial charge on any atom is 0.170 e. The van der Waals surface area contributed by atoms with Crippen molar-refractivity contribution >= 4 is 29.5 Å². The van der Waals surface area contributed by atoms with Gasteiger partial charge in [0.2, 0.25) is 0 Å². The molecule has 0 fully saturated rings. The van der Waals surface area contributed by atoms with Gasteiger partial charge in [-0.3, -0.25) is 4.79 Å². The lowest BCUT2D eigenvalue weighted by molar-refractivity contribution is 0.111. The van der Waals surface area contributed by atoms with E-state index in [0.717, 1.165) is 23.3 Å². The highest BCUT2D eigenvalue weighted by Crippen LogP contribution is 2.35. The molecule has 0 unspecified atom stereocenters. The average molecular weight is 389 g/mol. The van der Waals surface area contributed by atoms with E-state index in [2.05, 4.69) is 18.9 Å². The molecule has 0 bridgehead atoms. The number of methoxy groups -OCH3 is 1. The largest absolute Gasteiger partial charge is 0.497 e. The van der Waals surface area contributed by atoms with E-state index in [4.69, 9.17) is 27.9 Å². The molecule has 0 N–H and O–H groups in total. The molecule has 134 valence electrons. The van der Waals surface area contributed by atoms with Crippen molar-refractivity contribution in [1.29, 1.82) is 0 Å². The van der Waals surface area contributed by atoms with E-state index in [1.807, 2.05) is 24.3 Å². The molecule has 4 nitrogen and oxygen atoms in total. The summed E-state index contributed by atoms with van der Waals surface area (Å²) >= 11 is 12.4. The summed E-state index contributed by atoms with van der Waals surface area (Å²) in [5.41, 5.74) is 2.48. The van der Waals surface area contributed by atoms with Crippen LogP contribution in [0.3, 0.4) is 0 Å². The Kier molecular flexibility index (Phi) is 5.08. The van der Waals surface area contributed by atoms with Gasteiger partial charge in [-0.1, -0.05) is 49.2 Å². The van der Waals surface area contributed by atoms with E-state index in [0.29, 0.717) is 21.4 Å². The van der Waals surface area contributed by atoms with E-state index in [1.165, 1.54) is 0 Å². The fourth-order valence-electron chi connectivity index (χ4n) is 2.89. The maximum atomic E-state index is 11.3. The van der Waals surface area contributed by atoms with Crippen molar-refractivity contribution in [2.45, 2.75) is 19.3 Å². The lowest BCUT2D eigenvalue weighted by atomic mass is 9.81. The summed E-state index contributed by atoms with van der Waals surface area (Å²) in [6, 6.07) is 14.8. The molecule has 3 rings (SSSR count). The third-order valence-corrected chi connectivity index (χ3v) is 4.98. The van der Waals surface area contributed by atoms with E-state index >= 15 is 0 Å². The van der Waals surface area contributed by atoms with Gasteiger partial charge >= 0.3 is 0 Å². The van der Waals surface area contributed by atoms with Gasteiger partial charge in [0.15, 0.2) is 6.29 Å². The zero-order valence-electron chi connectivity index (χ0n) is 14.7. The van der Waals surface area contributed by atoms with Crippen LogP contribution in [0.1, 0.15) is 35.6 Å². The van der Waals surface area contributed by atoms with E-state index in [9.17, 15) is 4.79 Å². The zero-order chi connectivity index (χ0) is 18.9. The molecule has 0 amide bonds. The number of halogens is 2. The van der Waals surface area contributed by atoms with E-state index in [-0.39, 0.29) is 0 Å². The van der Waals surface area contributed by atoms with Crippen LogP contribution >= 0.6 is 23.2 Å². The molecule has 3 aromatic rings. The van der Waals surface area contributed by atoms with Gasteiger partial charge in [-0.2, -0.15) is 5.10 Å². The van der Waals surface area contributed by atoms with Gasteiger partial charge in [0.25, 0.3) is 0 Å². The van der Waals surface area contributed by atoms with Crippen molar-refractivity contribution in [3.8, 4) is 11.4 Å². The summed E-state index contributed by atoms with van der Waals surface area (Å²) in [5, 5.41) is 5.41. The number of ether oxygens (including phenoxy) is 1. The fourth-order valence-corrected chi connectivity index (χ4v) is 3.38. The summed E-state index contributed by atoms with van der Waals surface area (Å²) in [6.45, 7) is 4.14. The first-order chi connectivity index (χ1) is 12.4. The second-order valence-electron chi connectivity index (χ2n) is 6.43. The van der Waals surface area contributed by atoms with Crippen LogP contribution in [0.4, 0.5) is 0 Å². The highest BCUT2D eigenvalue weighted by molar-refractivity contribution is 6.35. The molecule has 2 aromatic carbocycles. The standard InChI is InChI=1S/C20H18Cl2N2O2/c1-20(2,13-4-7-16(26-3)8-5-13)19-11-15(12-25)23-24(19)18-9-6-14(21)10-17(18)22/h4-12H,1-3H3. The second-order valence-corrected chi connectivity index (χ2v) is 7.28. The van der Waals surface area contributed by atoms with Crippen molar-refractivity contribution in [3.05, 3.63) is 75.5 Å². The Hall–Kier alpha value is -2.30. The quantitative estimate of drug-likeness (QED) is 0.555. The van der Waals surface area contributed by atoms with E-state index in [1.54, 1.807) is 36.1 Å². The Labute approximate surface area is 162 Å². The molecule has 0 aliphatic heterocycles. The lowest BCUT2D eigenvalue weighted by Crippen LogP contribution is -2.23. The number of hydrogen-bond acceptors (Lipinski definition) is 3. The Morgan fingerprint density at radius 2 is 1.77 bits per heavy atom. The minimum atomic E-state index is -0.427. The first kappa shape index (κ1) is 18.5. The summed E-state index contributed by atoms with van der Waals surface area (Å²) in [6.07, 6.45) is 0.730. The maximum absolute atomic E-state index is 11.3. The van der Waals surface area contributed by atoms with Crippen LogP contribution < -0.4 is 4.74 Å². The van der Waals surface area contributed by atoms with Crippen LogP contribution in [0.15, 0.2) is 48.5 Å². The van der Waals surface area contributed by atoms with Crippen LogP contribution in [-0.2, 0) is 5.41 Å². The number of carbonyl (C=O) groups is 1. The summed E-state index contributed by atoms with van der Waals surface area (Å²) in [7, 11) is 1.63. The SMILES string of the molecule is COc1ccc(C(C)(C)c2cc(C=O)nn2-c2ccc(Cl)cc2Cl)cc1. The number of rotatable bonds is 5. The molecule has 0 saturated carbocycles. The minimum Gasteiger partial charge on any atom is -0.497 e. The third-order valence-electron chi connectivity index (χ3n) is 4.44. The molecule has 6 heteroatoms. The molecule has 0 aliphatic rings. The number of nitrogens with zero attached hydrogens (tertiary/aromatic N) is 2. The predicted octanol–water partition coefficient (Wildman–Crippen LogP) is 5.33. The molecule has 1 heterocycles. The molecule has 0 radical (unpaired) electrons. The summed E-state index contributed by atoms with van der Waals surface area (Å²) < 4.78 is 6.94. The predicted molar refractivity (Wildman–Crippen MR) is 104 cm³/mol. The number of benzene rings is 2. The fraction of sp³-hybridized carbons (Fsp3) is 0.200. The van der Waals surface area contributed by atoms with Gasteiger partial charge in [-0.05, 0) is 42.0 Å². The van der Waals surface area contributed by atoms with Crippen LogP contribution in [0.5, 0.6) is 5.75 Å². The van der Waals surface area contributed by atoms with Crippen LogP contribution in [-0.4, -0.2) is 23.2 Å². The number of hydrogen-bond donors (Lipinski definition) is 0. The smallest absolute Gasteiger partial charge is 0.170 e. The third kappa shape index (κ3) is 3.35. The molecule has 0 aliphatic carbocycles. The van der Waals surface area contributed by atoms with E-state index < -0.39 is 5.41 Å². The molecule has 1 aromatic heterocycles. The highest BCUT2D eigenvalue weighted by Gasteiger charge is 2.29. The van der Waals surface area contributed by atoms with Gasteiger partial charge in [0.05, 0.1) is 23.5 Å². The van der Waals surface area contributed by atoms with Crippen LogP contribution in [0.25, 0.3) is 5.69 Å². The van der Waals surface area contributed by atoms with Gasteiger partial charge in [-0.25, -0.2) is 4.68 Å². The number of aromatic nitrogens is 2. The first-order valence-electron chi connectivity index (χ1n) is 8.02. The van der Waals surface area contributed by atoms with Crippen molar-refractivity contribution < 1.29 is 9.53 Å². The number of carbonyl (C=O) groups excluding carboxylic acids is 1. The lowest BCUT2D eigenvalue weighted by Gasteiger charge is -2.27. The van der Waals surface area contributed by atoms with Crippen molar-refractivity contribution in [2.75, 3.05) is 7.11 Å². The van der Waals surface area contributed by atoms with Crippen molar-refractivity contribution in [2.24, 2.45) is 0 Å². The molecular formula is C20H18Cl2N2O2. The Bertz CT molecular complexity index is 947. The summed E-state index contributed by atoms with van der Waals surface area (Å²) in [4.78, 5) is 11.3. The van der Waals surface area contributed by atoms with Gasteiger partial charge in [-0.15, -0.1) is 0 Å². The second kappa shape index (κ2) is 7.14. The molecular weight excluding hydrogens is 371 g/mol. The van der Waals surface area contributed by atoms with Crippen molar-refractivity contribution in [3.63, 3.8) is 0 Å². The van der Waals surface area contributed by atoms with Gasteiger partial charge in [0, 0.05) is 10.4 Å². The molecule has 0 atom stereocenters. The summed E-state index contributed by atoms with van der Waals surface area (Å²) in [5.74, 6) is 0.785. The highest BCUT2D eigenvalue weighted by atomic mass is 35.5. The minimum absolute atomic E-state index is 0.340.